The summed E-state index contributed by atoms with van der Waals surface area (Å²) in [5.41, 5.74) is 1.59. The molecule has 1 unspecified atom stereocenters. The van der Waals surface area contributed by atoms with Gasteiger partial charge in [-0.15, -0.1) is 0 Å². The van der Waals surface area contributed by atoms with Crippen molar-refractivity contribution in [2.24, 2.45) is 0 Å². The first kappa shape index (κ1) is 29.3. The van der Waals surface area contributed by atoms with Gasteiger partial charge in [-0.3, -0.25) is 13.9 Å². The van der Waals surface area contributed by atoms with Crippen molar-refractivity contribution in [3.63, 3.8) is 0 Å². The van der Waals surface area contributed by atoms with E-state index in [2.05, 4.69) is 5.32 Å². The molecule has 0 aliphatic rings. The topological polar surface area (TPSA) is 96.0 Å². The number of ether oxygens (including phenoxy) is 1. The highest BCUT2D eigenvalue weighted by Gasteiger charge is 2.33. The predicted octanol–water partition coefficient (Wildman–Crippen LogP) is 4.67. The summed E-state index contributed by atoms with van der Waals surface area (Å²) in [5, 5.41) is 3.18. The largest absolute Gasteiger partial charge is 0.495 e. The molecule has 0 heterocycles. The SMILES string of the molecule is CNC(=O)C(C)N(Cc1ccc(Cl)c(Cl)c1)C(=O)CN(c1cc(C)ccc1OC)S(=O)(=O)c1ccccc1. The minimum Gasteiger partial charge on any atom is -0.495 e. The quantitative estimate of drug-likeness (QED) is 0.378. The highest BCUT2D eigenvalue weighted by atomic mass is 35.5. The third kappa shape index (κ3) is 6.59. The summed E-state index contributed by atoms with van der Waals surface area (Å²) in [6.07, 6.45) is 0. The third-order valence-electron chi connectivity index (χ3n) is 5.96. The second-order valence-corrected chi connectivity index (χ2v) is 11.2. The molecule has 3 rings (SSSR count). The Bertz CT molecular complexity index is 1420. The number of carbonyl (C=O) groups is 2. The van der Waals surface area contributed by atoms with E-state index in [1.54, 1.807) is 61.5 Å². The molecular formula is C27H29Cl2N3O5S. The van der Waals surface area contributed by atoms with Crippen LogP contribution < -0.4 is 14.4 Å². The predicted molar refractivity (Wildman–Crippen MR) is 149 cm³/mol. The minimum atomic E-state index is -4.20. The average Bonchev–Trinajstić information content (AvgIpc) is 2.91. The third-order valence-corrected chi connectivity index (χ3v) is 8.48. The Morgan fingerprint density at radius 3 is 2.29 bits per heavy atom. The van der Waals surface area contributed by atoms with E-state index in [1.165, 1.54) is 31.2 Å². The van der Waals surface area contributed by atoms with Crippen LogP contribution in [0.15, 0.2) is 71.6 Å². The Balaban J connectivity index is 2.10. The summed E-state index contributed by atoms with van der Waals surface area (Å²) < 4.78 is 34.2. The molecule has 38 heavy (non-hydrogen) atoms. The molecular weight excluding hydrogens is 549 g/mol. The number of likely N-dealkylation sites (N-methyl/N-ethyl adjacent to an activating group) is 1. The highest BCUT2D eigenvalue weighted by molar-refractivity contribution is 7.92. The van der Waals surface area contributed by atoms with Gasteiger partial charge in [-0.2, -0.15) is 0 Å². The highest BCUT2D eigenvalue weighted by Crippen LogP contribution is 2.34. The number of halogens is 2. The first-order valence-corrected chi connectivity index (χ1v) is 13.9. The molecule has 1 atom stereocenters. The molecule has 0 saturated heterocycles. The number of hydrogen-bond donors (Lipinski definition) is 1. The summed E-state index contributed by atoms with van der Waals surface area (Å²) in [6, 6.07) is 16.8. The van der Waals surface area contributed by atoms with Crippen LogP contribution in [-0.2, 0) is 26.2 Å². The van der Waals surface area contributed by atoms with E-state index in [4.69, 9.17) is 27.9 Å². The summed E-state index contributed by atoms with van der Waals surface area (Å²) in [7, 11) is -1.32. The van der Waals surface area contributed by atoms with Gasteiger partial charge in [-0.1, -0.05) is 53.5 Å². The Morgan fingerprint density at radius 2 is 1.68 bits per heavy atom. The van der Waals surface area contributed by atoms with Crippen LogP contribution in [0.4, 0.5) is 5.69 Å². The molecule has 0 bridgehead atoms. The lowest BCUT2D eigenvalue weighted by atomic mass is 10.1. The lowest BCUT2D eigenvalue weighted by Gasteiger charge is -2.32. The van der Waals surface area contributed by atoms with E-state index in [1.807, 2.05) is 6.92 Å². The molecule has 202 valence electrons. The molecule has 0 aliphatic carbocycles. The number of sulfonamides is 1. The number of aryl methyl sites for hydroxylation is 1. The van der Waals surface area contributed by atoms with Crippen molar-refractivity contribution in [1.82, 2.24) is 10.2 Å². The summed E-state index contributed by atoms with van der Waals surface area (Å²) in [6.45, 7) is 2.79. The van der Waals surface area contributed by atoms with E-state index in [9.17, 15) is 18.0 Å². The van der Waals surface area contributed by atoms with Crippen molar-refractivity contribution in [2.45, 2.75) is 31.3 Å². The summed E-state index contributed by atoms with van der Waals surface area (Å²) in [4.78, 5) is 27.7. The Labute approximate surface area is 233 Å². The number of nitrogens with zero attached hydrogens (tertiary/aromatic N) is 2. The molecule has 3 aromatic carbocycles. The second-order valence-electron chi connectivity index (χ2n) is 8.56. The van der Waals surface area contributed by atoms with Crippen LogP contribution in [-0.4, -0.2) is 51.9 Å². The number of carbonyl (C=O) groups excluding carboxylic acids is 2. The van der Waals surface area contributed by atoms with Crippen molar-refractivity contribution in [3.05, 3.63) is 87.9 Å². The lowest BCUT2D eigenvalue weighted by molar-refractivity contribution is -0.139. The summed E-state index contributed by atoms with van der Waals surface area (Å²) in [5.74, 6) is -0.738. The number of nitrogens with one attached hydrogen (secondary N) is 1. The minimum absolute atomic E-state index is 0.00547. The normalized spacial score (nSPS) is 11.9. The van der Waals surface area contributed by atoms with Gasteiger partial charge in [0.25, 0.3) is 10.0 Å². The molecule has 2 amide bonds. The first-order chi connectivity index (χ1) is 18.0. The van der Waals surface area contributed by atoms with Crippen LogP contribution in [0.1, 0.15) is 18.1 Å². The van der Waals surface area contributed by atoms with Crippen molar-refractivity contribution >= 4 is 50.7 Å². The van der Waals surface area contributed by atoms with Gasteiger partial charge >= 0.3 is 0 Å². The molecule has 3 aromatic rings. The van der Waals surface area contributed by atoms with Crippen LogP contribution in [0.5, 0.6) is 5.75 Å². The van der Waals surface area contributed by atoms with Gasteiger partial charge in [-0.05, 0) is 61.4 Å². The Hall–Kier alpha value is -3.27. The van der Waals surface area contributed by atoms with Crippen molar-refractivity contribution in [2.75, 3.05) is 25.0 Å². The molecule has 0 aromatic heterocycles. The lowest BCUT2D eigenvalue weighted by Crippen LogP contribution is -2.50. The molecule has 1 N–H and O–H groups in total. The fourth-order valence-electron chi connectivity index (χ4n) is 3.85. The zero-order valence-corrected chi connectivity index (χ0v) is 23.8. The number of methoxy groups -OCH3 is 1. The van der Waals surface area contributed by atoms with Gasteiger partial charge in [-0.25, -0.2) is 8.42 Å². The van der Waals surface area contributed by atoms with E-state index >= 15 is 0 Å². The first-order valence-electron chi connectivity index (χ1n) is 11.7. The molecule has 0 fully saturated rings. The van der Waals surface area contributed by atoms with Gasteiger partial charge in [0.1, 0.15) is 18.3 Å². The van der Waals surface area contributed by atoms with Crippen LogP contribution in [0.25, 0.3) is 0 Å². The Kier molecular flexibility index (Phi) is 9.65. The smallest absolute Gasteiger partial charge is 0.264 e. The van der Waals surface area contributed by atoms with Gasteiger partial charge < -0.3 is 15.0 Å². The maximum Gasteiger partial charge on any atom is 0.264 e. The van der Waals surface area contributed by atoms with E-state index < -0.39 is 34.4 Å². The number of amides is 2. The number of benzene rings is 3. The van der Waals surface area contributed by atoms with Gasteiger partial charge in [0.2, 0.25) is 11.8 Å². The molecule has 0 saturated carbocycles. The zero-order valence-electron chi connectivity index (χ0n) is 21.4. The molecule has 8 nitrogen and oxygen atoms in total. The fourth-order valence-corrected chi connectivity index (χ4v) is 5.61. The molecule has 0 spiro atoms. The van der Waals surface area contributed by atoms with Crippen LogP contribution in [0.2, 0.25) is 10.0 Å². The van der Waals surface area contributed by atoms with Crippen LogP contribution >= 0.6 is 23.2 Å². The van der Waals surface area contributed by atoms with Crippen molar-refractivity contribution in [1.29, 1.82) is 0 Å². The number of hydrogen-bond acceptors (Lipinski definition) is 5. The van der Waals surface area contributed by atoms with Crippen molar-refractivity contribution < 1.29 is 22.7 Å². The monoisotopic (exact) mass is 577 g/mol. The van der Waals surface area contributed by atoms with Gasteiger partial charge in [0.15, 0.2) is 0 Å². The molecule has 11 heteroatoms. The van der Waals surface area contributed by atoms with Gasteiger partial charge in [0.05, 0.1) is 27.7 Å². The molecule has 0 aliphatic heterocycles. The average molecular weight is 579 g/mol. The van der Waals surface area contributed by atoms with Crippen LogP contribution in [0, 0.1) is 6.92 Å². The van der Waals surface area contributed by atoms with E-state index in [0.29, 0.717) is 15.6 Å². The maximum absolute atomic E-state index is 13.9. The van der Waals surface area contributed by atoms with E-state index in [0.717, 1.165) is 9.87 Å². The summed E-state index contributed by atoms with van der Waals surface area (Å²) >= 11 is 12.2. The van der Waals surface area contributed by atoms with Gasteiger partial charge in [0, 0.05) is 13.6 Å². The fraction of sp³-hybridized carbons (Fsp3) is 0.259. The Morgan fingerprint density at radius 1 is 1.00 bits per heavy atom. The second kappa shape index (κ2) is 12.5. The standard InChI is InChI=1S/C27H29Cl2N3O5S/c1-18-10-13-25(37-4)24(14-18)32(38(35,36)21-8-6-5-7-9-21)17-26(33)31(19(2)27(34)30-3)16-20-11-12-22(28)23(29)15-20/h5-15,19H,16-17H2,1-4H3,(H,30,34). The van der Waals surface area contributed by atoms with Crippen LogP contribution in [0.3, 0.4) is 0 Å². The maximum atomic E-state index is 13.9. The molecule has 0 radical (unpaired) electrons. The zero-order chi connectivity index (χ0) is 28.0. The van der Waals surface area contributed by atoms with Crippen molar-refractivity contribution in [3.8, 4) is 5.75 Å². The van der Waals surface area contributed by atoms with E-state index in [-0.39, 0.29) is 22.9 Å². The number of anilines is 1. The number of rotatable bonds is 10.